The van der Waals surface area contributed by atoms with E-state index in [9.17, 15) is 4.79 Å². The quantitative estimate of drug-likeness (QED) is 0.947. The third-order valence-electron chi connectivity index (χ3n) is 5.11. The molecule has 1 N–H and O–H groups in total. The molecule has 1 amide bonds. The van der Waals surface area contributed by atoms with Gasteiger partial charge in [0.1, 0.15) is 5.75 Å². The first-order chi connectivity index (χ1) is 11.2. The third kappa shape index (κ3) is 2.91. The van der Waals surface area contributed by atoms with Gasteiger partial charge in [-0.1, -0.05) is 12.1 Å². The number of benzene rings is 2. The molecule has 0 spiro atoms. The van der Waals surface area contributed by atoms with Crippen LogP contribution < -0.4 is 10.1 Å². The molecule has 4 rings (SSSR count). The Labute approximate surface area is 136 Å². The van der Waals surface area contributed by atoms with Crippen molar-refractivity contribution in [2.75, 3.05) is 26.7 Å². The van der Waals surface area contributed by atoms with Crippen LogP contribution in [0.3, 0.4) is 0 Å². The molecule has 0 radical (unpaired) electrons. The first-order valence-electron chi connectivity index (χ1n) is 8.32. The third-order valence-corrected chi connectivity index (χ3v) is 5.11. The van der Waals surface area contributed by atoms with Crippen molar-refractivity contribution in [3.63, 3.8) is 0 Å². The van der Waals surface area contributed by atoms with E-state index < -0.39 is 0 Å². The molecule has 3 unspecified atom stereocenters. The number of hydrogen-bond donors (Lipinski definition) is 1. The first kappa shape index (κ1) is 14.5. The first-order valence-corrected chi connectivity index (χ1v) is 8.32. The molecule has 2 bridgehead atoms. The van der Waals surface area contributed by atoms with Gasteiger partial charge in [0, 0.05) is 24.7 Å². The van der Waals surface area contributed by atoms with Crippen LogP contribution >= 0.6 is 0 Å². The van der Waals surface area contributed by atoms with E-state index in [1.165, 1.54) is 19.5 Å². The minimum Gasteiger partial charge on any atom is -0.497 e. The lowest BCUT2D eigenvalue weighted by Crippen LogP contribution is -2.47. The summed E-state index contributed by atoms with van der Waals surface area (Å²) in [6.45, 7) is 3.39. The van der Waals surface area contributed by atoms with Gasteiger partial charge in [0.05, 0.1) is 7.11 Å². The molecule has 2 aliphatic heterocycles. The number of carbonyl (C=O) groups is 1. The van der Waals surface area contributed by atoms with Crippen molar-refractivity contribution < 1.29 is 9.53 Å². The zero-order valence-electron chi connectivity index (χ0n) is 13.4. The number of hydrogen-bond acceptors (Lipinski definition) is 3. The highest BCUT2D eigenvalue weighted by molar-refractivity contribution is 5.99. The topological polar surface area (TPSA) is 41.6 Å². The fourth-order valence-corrected chi connectivity index (χ4v) is 3.93. The highest BCUT2D eigenvalue weighted by Gasteiger charge is 2.32. The van der Waals surface area contributed by atoms with Gasteiger partial charge in [-0.25, -0.2) is 0 Å². The highest BCUT2D eigenvalue weighted by Crippen LogP contribution is 2.27. The van der Waals surface area contributed by atoms with E-state index in [2.05, 4.69) is 10.2 Å². The van der Waals surface area contributed by atoms with E-state index in [0.717, 1.165) is 41.0 Å². The number of rotatable bonds is 3. The standard InChI is InChI=1S/C19H22N2O2/c1-23-18-5-4-14-2-3-15(9-16(14)10-18)19(22)20-17-8-13-6-7-21(11-13)12-17/h2-5,9-10,13,17H,6-8,11-12H2,1H3,(H,20,22). The number of fused-ring (bicyclic) bond motifs is 3. The van der Waals surface area contributed by atoms with Crippen molar-refractivity contribution in [2.45, 2.75) is 18.9 Å². The minimum absolute atomic E-state index is 0.0298. The fourth-order valence-electron chi connectivity index (χ4n) is 3.93. The number of nitrogens with one attached hydrogen (secondary N) is 1. The number of methoxy groups -OCH3 is 1. The van der Waals surface area contributed by atoms with Gasteiger partial charge in [0.2, 0.25) is 0 Å². The lowest BCUT2D eigenvalue weighted by molar-refractivity contribution is 0.0909. The largest absolute Gasteiger partial charge is 0.497 e. The average Bonchev–Trinajstić information content (AvgIpc) is 2.92. The molecular formula is C19H22N2O2. The SMILES string of the molecule is COc1ccc2ccc(C(=O)NC3CC4CCN(C4)C3)cc2c1. The Balaban J connectivity index is 1.52. The molecule has 120 valence electrons. The van der Waals surface area contributed by atoms with Crippen LogP contribution in [0, 0.1) is 5.92 Å². The van der Waals surface area contributed by atoms with E-state index in [0.29, 0.717) is 0 Å². The Morgan fingerprint density at radius 3 is 2.87 bits per heavy atom. The highest BCUT2D eigenvalue weighted by atomic mass is 16.5. The summed E-state index contributed by atoms with van der Waals surface area (Å²) in [6, 6.07) is 12.1. The van der Waals surface area contributed by atoms with Gasteiger partial charge in [-0.3, -0.25) is 4.79 Å². The van der Waals surface area contributed by atoms with E-state index in [1.807, 2.05) is 36.4 Å². The Bertz CT molecular complexity index is 731. The number of carbonyl (C=O) groups excluding carboxylic acids is 1. The van der Waals surface area contributed by atoms with Gasteiger partial charge in [-0.15, -0.1) is 0 Å². The van der Waals surface area contributed by atoms with E-state index in [1.54, 1.807) is 7.11 Å². The van der Waals surface area contributed by atoms with Crippen LogP contribution in [0.15, 0.2) is 36.4 Å². The second-order valence-corrected chi connectivity index (χ2v) is 6.75. The number of nitrogens with zero attached hydrogens (tertiary/aromatic N) is 1. The normalized spacial score (nSPS) is 26.2. The Morgan fingerprint density at radius 2 is 2.04 bits per heavy atom. The van der Waals surface area contributed by atoms with Crippen LogP contribution in [-0.4, -0.2) is 43.6 Å². The molecular weight excluding hydrogens is 288 g/mol. The smallest absolute Gasteiger partial charge is 0.251 e. The van der Waals surface area contributed by atoms with Gasteiger partial charge >= 0.3 is 0 Å². The number of piperidine rings is 1. The van der Waals surface area contributed by atoms with Crippen LogP contribution in [0.25, 0.3) is 10.8 Å². The Kier molecular flexibility index (Phi) is 3.69. The molecule has 2 aliphatic rings. The molecule has 2 saturated heterocycles. The monoisotopic (exact) mass is 310 g/mol. The summed E-state index contributed by atoms with van der Waals surface area (Å²) in [5, 5.41) is 5.36. The Morgan fingerprint density at radius 1 is 1.17 bits per heavy atom. The fraction of sp³-hybridized carbons (Fsp3) is 0.421. The van der Waals surface area contributed by atoms with Gasteiger partial charge in [-0.05, 0) is 60.3 Å². The van der Waals surface area contributed by atoms with E-state index in [4.69, 9.17) is 4.74 Å². The molecule has 4 nitrogen and oxygen atoms in total. The predicted molar refractivity (Wildman–Crippen MR) is 90.9 cm³/mol. The molecule has 3 atom stereocenters. The predicted octanol–water partition coefficient (Wildman–Crippen LogP) is 2.67. The summed E-state index contributed by atoms with van der Waals surface area (Å²) < 4.78 is 5.27. The molecule has 0 aliphatic carbocycles. The van der Waals surface area contributed by atoms with Gasteiger partial charge in [-0.2, -0.15) is 0 Å². The summed E-state index contributed by atoms with van der Waals surface area (Å²) in [5.41, 5.74) is 0.721. The second kappa shape index (κ2) is 5.85. The van der Waals surface area contributed by atoms with E-state index >= 15 is 0 Å². The summed E-state index contributed by atoms with van der Waals surface area (Å²) in [4.78, 5) is 15.0. The van der Waals surface area contributed by atoms with Crippen molar-refractivity contribution in [1.29, 1.82) is 0 Å². The molecule has 2 aromatic rings. The molecule has 2 aromatic carbocycles. The lowest BCUT2D eigenvalue weighted by atomic mass is 9.96. The molecule has 4 heteroatoms. The maximum Gasteiger partial charge on any atom is 0.251 e. The zero-order chi connectivity index (χ0) is 15.8. The summed E-state index contributed by atoms with van der Waals surface area (Å²) in [5.74, 6) is 1.60. The second-order valence-electron chi connectivity index (χ2n) is 6.75. The van der Waals surface area contributed by atoms with Crippen LogP contribution in [0.1, 0.15) is 23.2 Å². The van der Waals surface area contributed by atoms with Gasteiger partial charge in [0.15, 0.2) is 0 Å². The van der Waals surface area contributed by atoms with Gasteiger partial charge in [0.25, 0.3) is 5.91 Å². The molecule has 0 saturated carbocycles. The van der Waals surface area contributed by atoms with Crippen molar-refractivity contribution in [3.8, 4) is 5.75 Å². The van der Waals surface area contributed by atoms with Crippen LogP contribution in [-0.2, 0) is 0 Å². The summed E-state index contributed by atoms with van der Waals surface area (Å²) >= 11 is 0. The Hall–Kier alpha value is -2.07. The van der Waals surface area contributed by atoms with Gasteiger partial charge < -0.3 is 15.0 Å². The van der Waals surface area contributed by atoms with Crippen molar-refractivity contribution in [3.05, 3.63) is 42.0 Å². The maximum absolute atomic E-state index is 12.6. The number of amides is 1. The molecule has 2 heterocycles. The van der Waals surface area contributed by atoms with Crippen molar-refractivity contribution in [2.24, 2.45) is 5.92 Å². The van der Waals surface area contributed by atoms with E-state index in [-0.39, 0.29) is 11.9 Å². The lowest BCUT2D eigenvalue weighted by Gasteiger charge is -2.30. The van der Waals surface area contributed by atoms with Crippen molar-refractivity contribution >= 4 is 16.7 Å². The van der Waals surface area contributed by atoms with Crippen LogP contribution in [0.2, 0.25) is 0 Å². The number of ether oxygens (including phenoxy) is 1. The average molecular weight is 310 g/mol. The molecule has 0 aromatic heterocycles. The minimum atomic E-state index is 0.0298. The summed E-state index contributed by atoms with van der Waals surface area (Å²) in [6.07, 6.45) is 2.39. The zero-order valence-corrected chi connectivity index (χ0v) is 13.4. The molecule has 23 heavy (non-hydrogen) atoms. The van der Waals surface area contributed by atoms with Crippen LogP contribution in [0.5, 0.6) is 5.75 Å². The maximum atomic E-state index is 12.6. The summed E-state index contributed by atoms with van der Waals surface area (Å²) in [7, 11) is 1.66. The van der Waals surface area contributed by atoms with Crippen LogP contribution in [0.4, 0.5) is 0 Å². The van der Waals surface area contributed by atoms with Crippen molar-refractivity contribution in [1.82, 2.24) is 10.2 Å². The molecule has 2 fully saturated rings.